The molecule has 1 spiro atoms. The summed E-state index contributed by atoms with van der Waals surface area (Å²) in [6.45, 7) is 0.728. The van der Waals surface area contributed by atoms with Crippen LogP contribution in [0.3, 0.4) is 0 Å². The average Bonchev–Trinajstić information content (AvgIpc) is 3.51. The van der Waals surface area contributed by atoms with Gasteiger partial charge in [0.25, 0.3) is 0 Å². The van der Waals surface area contributed by atoms with Gasteiger partial charge in [-0.3, -0.25) is 9.78 Å². The minimum absolute atomic E-state index is 0.0921. The number of anilines is 1. The van der Waals surface area contributed by atoms with E-state index in [0.29, 0.717) is 48.2 Å². The number of carbonyl (C=O) groups excluding carboxylic acids is 1. The molecule has 2 atom stereocenters. The van der Waals surface area contributed by atoms with Crippen LogP contribution in [0.25, 0.3) is 17.1 Å². The van der Waals surface area contributed by atoms with Gasteiger partial charge in [-0.2, -0.15) is 18.3 Å². The van der Waals surface area contributed by atoms with E-state index >= 15 is 0 Å². The monoisotopic (exact) mass is 554 g/mol. The van der Waals surface area contributed by atoms with Crippen LogP contribution in [-0.4, -0.2) is 39.4 Å². The molecule has 4 aromatic rings. The fourth-order valence-electron chi connectivity index (χ4n) is 5.50. The largest absolute Gasteiger partial charge is 0.419 e. The van der Waals surface area contributed by atoms with E-state index in [-0.39, 0.29) is 24.1 Å². The Balaban J connectivity index is 1.40. The topological polar surface area (TPSA) is 75.1 Å². The van der Waals surface area contributed by atoms with Crippen molar-refractivity contribution in [1.82, 2.24) is 25.4 Å². The first kappa shape index (κ1) is 25.9. The number of nitrogens with one attached hydrogen (secondary N) is 2. The van der Waals surface area contributed by atoms with Crippen LogP contribution < -0.4 is 15.5 Å². The molecule has 7 nitrogen and oxygen atoms in total. The molecule has 4 heterocycles. The van der Waals surface area contributed by atoms with Crippen molar-refractivity contribution in [2.45, 2.75) is 30.6 Å². The van der Waals surface area contributed by atoms with Gasteiger partial charge in [-0.1, -0.05) is 6.07 Å². The van der Waals surface area contributed by atoms with E-state index in [4.69, 9.17) is 0 Å². The maximum Gasteiger partial charge on any atom is 0.419 e. The van der Waals surface area contributed by atoms with Gasteiger partial charge in [0.2, 0.25) is 5.91 Å². The van der Waals surface area contributed by atoms with Crippen molar-refractivity contribution in [3.05, 3.63) is 95.8 Å². The van der Waals surface area contributed by atoms with Crippen molar-refractivity contribution >= 4 is 11.6 Å². The Morgan fingerprint density at radius 3 is 2.45 bits per heavy atom. The Morgan fingerprint density at radius 2 is 1.75 bits per heavy atom. The summed E-state index contributed by atoms with van der Waals surface area (Å²) in [5.41, 5.74) is -0.0647. The maximum absolute atomic E-state index is 14.5. The van der Waals surface area contributed by atoms with E-state index in [9.17, 15) is 26.7 Å². The lowest BCUT2D eigenvalue weighted by Crippen LogP contribution is -2.56. The third kappa shape index (κ3) is 4.47. The Hall–Kier alpha value is -4.32. The molecule has 40 heavy (non-hydrogen) atoms. The number of amides is 1. The zero-order valence-corrected chi connectivity index (χ0v) is 20.9. The Bertz CT molecular complexity index is 1560. The summed E-state index contributed by atoms with van der Waals surface area (Å²) in [5.74, 6) is -1.95. The fraction of sp³-hybridized carbons (Fsp3) is 0.250. The van der Waals surface area contributed by atoms with Crippen LogP contribution >= 0.6 is 0 Å². The van der Waals surface area contributed by atoms with Crippen LogP contribution in [0.2, 0.25) is 0 Å². The lowest BCUT2D eigenvalue weighted by Gasteiger charge is -2.42. The number of benzene rings is 2. The molecule has 2 fully saturated rings. The second-order valence-electron chi connectivity index (χ2n) is 9.80. The molecule has 2 saturated heterocycles. The van der Waals surface area contributed by atoms with Crippen LogP contribution in [-0.2, 0) is 11.0 Å². The van der Waals surface area contributed by atoms with Gasteiger partial charge in [-0.25, -0.2) is 13.5 Å². The normalized spacial score (nSPS) is 21.2. The van der Waals surface area contributed by atoms with Gasteiger partial charge in [-0.15, -0.1) is 0 Å². The van der Waals surface area contributed by atoms with Crippen LogP contribution in [0, 0.1) is 11.6 Å². The van der Waals surface area contributed by atoms with Crippen LogP contribution in [0.5, 0.6) is 0 Å². The molecule has 2 aliphatic heterocycles. The standard InChI is InChI=1S/C28H23F5N6O/c29-17-4-6-18(7-5-17)38-16-36-26(40)27(38)10-12-35-24(15-27)23-14-25(22-3-1-2-11-34-22)39(37-23)19-8-9-20(21(30)13-19)28(31,32)33/h1-9,11,13-14,24,35H,10,12,15-16H2,(H,36,40). The SMILES string of the molecule is O=C1NCN(c2ccc(F)cc2)C12CCNC(c1cc(-c3ccccn3)n(-c3ccc(C(F)(F)F)c(F)c3)n1)C2. The van der Waals surface area contributed by atoms with Gasteiger partial charge in [-0.05, 0) is 67.6 Å². The Labute approximate surface area is 225 Å². The molecule has 0 saturated carbocycles. The fourth-order valence-corrected chi connectivity index (χ4v) is 5.50. The minimum atomic E-state index is -4.83. The average molecular weight is 555 g/mol. The number of aromatic nitrogens is 3. The molecule has 0 bridgehead atoms. The van der Waals surface area contributed by atoms with Crippen molar-refractivity contribution < 1.29 is 26.7 Å². The molecule has 0 radical (unpaired) electrons. The smallest absolute Gasteiger partial charge is 0.339 e. The highest BCUT2D eigenvalue weighted by molar-refractivity contribution is 5.93. The van der Waals surface area contributed by atoms with Crippen LogP contribution in [0.4, 0.5) is 27.6 Å². The number of hydrogen-bond acceptors (Lipinski definition) is 5. The molecular weight excluding hydrogens is 531 g/mol. The lowest BCUT2D eigenvalue weighted by atomic mass is 9.81. The molecule has 12 heteroatoms. The van der Waals surface area contributed by atoms with E-state index < -0.39 is 29.1 Å². The predicted molar refractivity (Wildman–Crippen MR) is 136 cm³/mol. The summed E-state index contributed by atoms with van der Waals surface area (Å²) >= 11 is 0. The first-order valence-corrected chi connectivity index (χ1v) is 12.6. The quantitative estimate of drug-likeness (QED) is 0.348. The molecule has 1 amide bonds. The van der Waals surface area contributed by atoms with Crippen molar-refractivity contribution in [3.63, 3.8) is 0 Å². The van der Waals surface area contributed by atoms with Gasteiger partial charge < -0.3 is 15.5 Å². The summed E-state index contributed by atoms with van der Waals surface area (Å²) in [5, 5.41) is 11.0. The maximum atomic E-state index is 14.5. The van der Waals surface area contributed by atoms with Gasteiger partial charge >= 0.3 is 6.18 Å². The van der Waals surface area contributed by atoms with E-state index in [1.54, 1.807) is 42.6 Å². The minimum Gasteiger partial charge on any atom is -0.339 e. The summed E-state index contributed by atoms with van der Waals surface area (Å²) in [4.78, 5) is 19.5. The number of piperidine rings is 1. The van der Waals surface area contributed by atoms with Crippen molar-refractivity contribution in [2.75, 3.05) is 18.1 Å². The summed E-state index contributed by atoms with van der Waals surface area (Å²) < 4.78 is 69.0. The van der Waals surface area contributed by atoms with Gasteiger partial charge in [0.05, 0.1) is 41.0 Å². The van der Waals surface area contributed by atoms with Gasteiger partial charge in [0, 0.05) is 24.4 Å². The summed E-state index contributed by atoms with van der Waals surface area (Å²) in [6, 6.07) is 15.1. The highest BCUT2D eigenvalue weighted by Gasteiger charge is 2.52. The molecule has 2 unspecified atom stereocenters. The molecule has 2 aromatic heterocycles. The number of pyridine rings is 1. The van der Waals surface area contributed by atoms with E-state index in [1.807, 2.05) is 4.90 Å². The van der Waals surface area contributed by atoms with Gasteiger partial charge in [0.15, 0.2) is 0 Å². The predicted octanol–water partition coefficient (Wildman–Crippen LogP) is 4.99. The molecular formula is C28H23F5N6O. The Morgan fingerprint density at radius 1 is 0.975 bits per heavy atom. The first-order valence-electron chi connectivity index (χ1n) is 12.6. The molecule has 2 N–H and O–H groups in total. The van der Waals surface area contributed by atoms with E-state index in [1.165, 1.54) is 16.8 Å². The highest BCUT2D eigenvalue weighted by Crippen LogP contribution is 2.41. The lowest BCUT2D eigenvalue weighted by molar-refractivity contribution is -0.140. The molecule has 0 aliphatic carbocycles. The number of halogens is 5. The van der Waals surface area contributed by atoms with Crippen molar-refractivity contribution in [2.24, 2.45) is 0 Å². The zero-order chi connectivity index (χ0) is 28.1. The summed E-state index contributed by atoms with van der Waals surface area (Å²) in [6.07, 6.45) is -2.46. The number of carbonyl (C=O) groups is 1. The second kappa shape index (κ2) is 9.70. The zero-order valence-electron chi connectivity index (χ0n) is 20.9. The number of alkyl halides is 3. The molecule has 2 aliphatic rings. The second-order valence-corrected chi connectivity index (χ2v) is 9.80. The molecule has 6 rings (SSSR count). The third-order valence-corrected chi connectivity index (χ3v) is 7.46. The number of rotatable bonds is 4. The molecule has 206 valence electrons. The van der Waals surface area contributed by atoms with E-state index in [2.05, 4.69) is 20.7 Å². The number of hydrogen-bond donors (Lipinski definition) is 2. The highest BCUT2D eigenvalue weighted by atomic mass is 19.4. The third-order valence-electron chi connectivity index (χ3n) is 7.46. The van der Waals surface area contributed by atoms with E-state index in [0.717, 1.165) is 12.1 Å². The summed E-state index contributed by atoms with van der Waals surface area (Å²) in [7, 11) is 0. The van der Waals surface area contributed by atoms with Gasteiger partial charge in [0.1, 0.15) is 17.2 Å². The van der Waals surface area contributed by atoms with Crippen LogP contribution in [0.15, 0.2) is 72.9 Å². The molecule has 2 aromatic carbocycles. The van der Waals surface area contributed by atoms with Crippen LogP contribution in [0.1, 0.15) is 30.1 Å². The van der Waals surface area contributed by atoms with Crippen molar-refractivity contribution in [3.8, 4) is 17.1 Å². The first-order chi connectivity index (χ1) is 19.2. The van der Waals surface area contributed by atoms with Crippen molar-refractivity contribution in [1.29, 1.82) is 0 Å². The Kier molecular flexibility index (Phi) is 6.29. The number of nitrogens with zero attached hydrogens (tertiary/aromatic N) is 4.